The Morgan fingerprint density at radius 2 is 1.97 bits per heavy atom. The molecule has 0 aliphatic carbocycles. The van der Waals surface area contributed by atoms with E-state index in [1.807, 2.05) is 18.2 Å². The third kappa shape index (κ3) is 4.02. The minimum Gasteiger partial charge on any atom is -0.282 e. The number of nitrogens with zero attached hydrogens (tertiary/aromatic N) is 4. The average molecular weight is 408 g/mol. The average Bonchev–Trinajstić information content (AvgIpc) is 3.30. The van der Waals surface area contributed by atoms with Crippen molar-refractivity contribution in [1.82, 2.24) is 14.9 Å². The Hall–Kier alpha value is -3.13. The molecule has 3 heterocycles. The monoisotopic (exact) mass is 408 g/mol. The van der Waals surface area contributed by atoms with E-state index in [2.05, 4.69) is 23.0 Å². The molecule has 7 nitrogen and oxygen atoms in total. The summed E-state index contributed by atoms with van der Waals surface area (Å²) in [5, 5.41) is 0.543. The summed E-state index contributed by atoms with van der Waals surface area (Å²) in [7, 11) is 0. The number of thiazole rings is 1. The van der Waals surface area contributed by atoms with Gasteiger partial charge < -0.3 is 0 Å². The van der Waals surface area contributed by atoms with E-state index >= 15 is 0 Å². The van der Waals surface area contributed by atoms with Crippen LogP contribution in [-0.4, -0.2) is 39.1 Å². The number of aryl methyl sites for hydroxylation is 1. The van der Waals surface area contributed by atoms with Crippen LogP contribution in [0.2, 0.25) is 0 Å². The summed E-state index contributed by atoms with van der Waals surface area (Å²) >= 11 is 1.43. The molecule has 3 amide bonds. The number of anilines is 1. The molecule has 2 aromatic heterocycles. The third-order valence-corrected chi connectivity index (χ3v) is 5.93. The van der Waals surface area contributed by atoms with Crippen molar-refractivity contribution in [2.45, 2.75) is 32.7 Å². The highest BCUT2D eigenvalue weighted by Gasteiger charge is 2.32. The van der Waals surface area contributed by atoms with Crippen molar-refractivity contribution in [3.8, 4) is 0 Å². The van der Waals surface area contributed by atoms with Crippen molar-refractivity contribution in [1.29, 1.82) is 0 Å². The van der Waals surface area contributed by atoms with Crippen molar-refractivity contribution < 1.29 is 14.4 Å². The highest BCUT2D eigenvalue weighted by Crippen LogP contribution is 2.31. The maximum absolute atomic E-state index is 13.1. The summed E-state index contributed by atoms with van der Waals surface area (Å²) in [5.41, 5.74) is 2.86. The van der Waals surface area contributed by atoms with Crippen LogP contribution in [0, 0.1) is 0 Å². The minimum absolute atomic E-state index is 0.162. The van der Waals surface area contributed by atoms with E-state index in [9.17, 15) is 14.4 Å². The highest BCUT2D eigenvalue weighted by molar-refractivity contribution is 7.22. The zero-order valence-corrected chi connectivity index (χ0v) is 16.8. The summed E-state index contributed by atoms with van der Waals surface area (Å²) in [4.78, 5) is 48.4. The quantitative estimate of drug-likeness (QED) is 0.586. The molecule has 0 atom stereocenters. The van der Waals surface area contributed by atoms with Gasteiger partial charge in [0.05, 0.1) is 16.8 Å². The number of carbonyl (C=O) groups is 3. The topological polar surface area (TPSA) is 83.5 Å². The molecule has 8 heteroatoms. The molecule has 3 aromatic rings. The number of carbonyl (C=O) groups excluding carboxylic acids is 3. The first-order valence-electron chi connectivity index (χ1n) is 9.47. The zero-order chi connectivity index (χ0) is 20.4. The van der Waals surface area contributed by atoms with Gasteiger partial charge in [0.2, 0.25) is 17.7 Å². The largest absolute Gasteiger partial charge is 0.282 e. The van der Waals surface area contributed by atoms with Gasteiger partial charge in [0.25, 0.3) is 0 Å². The maximum Gasteiger partial charge on any atom is 0.249 e. The molecule has 1 aliphatic heterocycles. The van der Waals surface area contributed by atoms with Crippen LogP contribution in [0.1, 0.15) is 30.9 Å². The van der Waals surface area contributed by atoms with Crippen molar-refractivity contribution in [3.05, 3.63) is 53.9 Å². The highest BCUT2D eigenvalue weighted by atomic mass is 32.1. The number of benzene rings is 1. The first-order chi connectivity index (χ1) is 14.0. The number of pyridine rings is 1. The lowest BCUT2D eigenvalue weighted by Gasteiger charge is -2.22. The fourth-order valence-electron chi connectivity index (χ4n) is 3.25. The van der Waals surface area contributed by atoms with Gasteiger partial charge in [0, 0.05) is 25.2 Å². The first-order valence-corrected chi connectivity index (χ1v) is 10.3. The SMILES string of the molecule is CCc1ccc2nc(N(Cc3cccnc3)C(=O)CN3C(=O)CCC3=O)sc2c1. The molecule has 1 saturated heterocycles. The number of hydrogen-bond acceptors (Lipinski definition) is 6. The lowest BCUT2D eigenvalue weighted by Crippen LogP contribution is -2.42. The van der Waals surface area contributed by atoms with E-state index < -0.39 is 0 Å². The van der Waals surface area contributed by atoms with Gasteiger partial charge in [-0.25, -0.2) is 4.98 Å². The van der Waals surface area contributed by atoms with Crippen molar-refractivity contribution >= 4 is 44.4 Å². The number of aromatic nitrogens is 2. The smallest absolute Gasteiger partial charge is 0.249 e. The Kier molecular flexibility index (Phi) is 5.35. The lowest BCUT2D eigenvalue weighted by molar-refractivity contribution is -0.141. The Labute approximate surface area is 172 Å². The molecule has 29 heavy (non-hydrogen) atoms. The molecule has 0 spiro atoms. The van der Waals surface area contributed by atoms with Gasteiger partial charge in [0.15, 0.2) is 5.13 Å². The van der Waals surface area contributed by atoms with Crippen LogP contribution in [0.5, 0.6) is 0 Å². The Balaban J connectivity index is 1.67. The molecule has 1 fully saturated rings. The van der Waals surface area contributed by atoms with Crippen LogP contribution in [0.25, 0.3) is 10.2 Å². The van der Waals surface area contributed by atoms with Crippen LogP contribution in [-0.2, 0) is 27.3 Å². The number of fused-ring (bicyclic) bond motifs is 1. The normalized spacial score (nSPS) is 14.0. The van der Waals surface area contributed by atoms with E-state index in [4.69, 9.17) is 0 Å². The van der Waals surface area contributed by atoms with Gasteiger partial charge in [-0.2, -0.15) is 0 Å². The Morgan fingerprint density at radius 1 is 1.17 bits per heavy atom. The summed E-state index contributed by atoms with van der Waals surface area (Å²) < 4.78 is 0.997. The summed E-state index contributed by atoms with van der Waals surface area (Å²) in [6, 6.07) is 9.74. The second kappa shape index (κ2) is 8.08. The van der Waals surface area contributed by atoms with E-state index in [0.717, 1.165) is 27.1 Å². The molecule has 0 N–H and O–H groups in total. The number of likely N-dealkylation sites (tertiary alicyclic amines) is 1. The van der Waals surface area contributed by atoms with Crippen LogP contribution < -0.4 is 4.90 Å². The number of rotatable bonds is 6. The molecule has 0 saturated carbocycles. The Morgan fingerprint density at radius 3 is 2.66 bits per heavy atom. The predicted molar refractivity (Wildman–Crippen MR) is 110 cm³/mol. The molecule has 1 aliphatic rings. The van der Waals surface area contributed by atoms with E-state index in [1.165, 1.54) is 21.8 Å². The molecule has 0 bridgehead atoms. The molecule has 1 aromatic carbocycles. The molecule has 4 rings (SSSR count). The van der Waals surface area contributed by atoms with Crippen molar-refractivity contribution in [3.63, 3.8) is 0 Å². The second-order valence-corrected chi connectivity index (χ2v) is 7.88. The second-order valence-electron chi connectivity index (χ2n) is 6.87. The maximum atomic E-state index is 13.1. The fraction of sp³-hybridized carbons (Fsp3) is 0.286. The zero-order valence-electron chi connectivity index (χ0n) is 16.0. The van der Waals surface area contributed by atoms with Crippen molar-refractivity contribution in [2.75, 3.05) is 11.4 Å². The van der Waals surface area contributed by atoms with Gasteiger partial charge in [0.1, 0.15) is 6.54 Å². The first kappa shape index (κ1) is 19.2. The van der Waals surface area contributed by atoms with E-state index in [0.29, 0.717) is 5.13 Å². The molecule has 0 unspecified atom stereocenters. The van der Waals surface area contributed by atoms with Gasteiger partial charge >= 0.3 is 0 Å². The molecule has 0 radical (unpaired) electrons. The summed E-state index contributed by atoms with van der Waals surface area (Å²) in [5.74, 6) is -0.949. The van der Waals surface area contributed by atoms with Crippen molar-refractivity contribution in [2.24, 2.45) is 0 Å². The molecular weight excluding hydrogens is 388 g/mol. The lowest BCUT2D eigenvalue weighted by atomic mass is 10.2. The van der Waals surface area contributed by atoms with Crippen LogP contribution in [0.3, 0.4) is 0 Å². The van der Waals surface area contributed by atoms with Crippen LogP contribution >= 0.6 is 11.3 Å². The van der Waals surface area contributed by atoms with Gasteiger partial charge in [-0.15, -0.1) is 0 Å². The number of hydrogen-bond donors (Lipinski definition) is 0. The molecular formula is C21H20N4O3S. The van der Waals surface area contributed by atoms with E-state index in [-0.39, 0.29) is 43.7 Å². The van der Waals surface area contributed by atoms with E-state index in [1.54, 1.807) is 18.5 Å². The summed E-state index contributed by atoms with van der Waals surface area (Å²) in [6.07, 6.45) is 4.60. The number of amides is 3. The minimum atomic E-state index is -0.341. The Bertz CT molecular complexity index is 1060. The third-order valence-electron chi connectivity index (χ3n) is 4.89. The summed E-state index contributed by atoms with van der Waals surface area (Å²) in [6.45, 7) is 2.09. The van der Waals surface area contributed by atoms with Crippen LogP contribution in [0.4, 0.5) is 5.13 Å². The predicted octanol–water partition coefficient (Wildman–Crippen LogP) is 2.94. The van der Waals surface area contributed by atoms with Gasteiger partial charge in [-0.05, 0) is 35.7 Å². The van der Waals surface area contributed by atoms with Crippen LogP contribution in [0.15, 0.2) is 42.7 Å². The van der Waals surface area contributed by atoms with Gasteiger partial charge in [-0.1, -0.05) is 30.4 Å². The number of imide groups is 1. The van der Waals surface area contributed by atoms with Gasteiger partial charge in [-0.3, -0.25) is 29.2 Å². The standard InChI is InChI=1S/C21H20N4O3S/c1-2-14-5-6-16-17(10-14)29-21(23-16)25(12-15-4-3-9-22-11-15)20(28)13-24-18(26)7-8-19(24)27/h3-6,9-11H,2,7-8,12-13H2,1H3. The fourth-order valence-corrected chi connectivity index (χ4v) is 4.29. The molecule has 148 valence electrons.